The van der Waals surface area contributed by atoms with Crippen LogP contribution in [-0.4, -0.2) is 40.0 Å². The van der Waals surface area contributed by atoms with Crippen LogP contribution in [0.15, 0.2) is 47.4 Å². The lowest BCUT2D eigenvalue weighted by Gasteiger charge is -2.14. The van der Waals surface area contributed by atoms with E-state index < -0.39 is 9.84 Å². The van der Waals surface area contributed by atoms with Crippen LogP contribution in [0, 0.1) is 5.92 Å². The molecule has 1 saturated carbocycles. The first-order valence-corrected chi connectivity index (χ1v) is 16.5. The predicted molar refractivity (Wildman–Crippen MR) is 157 cm³/mol. The molecule has 0 radical (unpaired) electrons. The molecule has 2 aliphatic carbocycles. The lowest BCUT2D eigenvalue weighted by atomic mass is 9.90. The first kappa shape index (κ1) is 28.6. The molecule has 0 amide bonds. The van der Waals surface area contributed by atoms with E-state index >= 15 is 0 Å². The fourth-order valence-electron chi connectivity index (χ4n) is 6.01. The monoisotopic (exact) mass is 580 g/mol. The average Bonchev–Trinajstić information content (AvgIpc) is 3.60. The van der Waals surface area contributed by atoms with Gasteiger partial charge in [0.2, 0.25) is 0 Å². The SMILES string of the molecule is COc1ccc(CC(=O)c2c(CC(=O)c3ccc(OC)c(S(=O)(=O)CC4CCCC4)c3)sc3c2CCCC3)cc1. The van der Waals surface area contributed by atoms with Crippen molar-refractivity contribution in [2.75, 3.05) is 20.0 Å². The summed E-state index contributed by atoms with van der Waals surface area (Å²) in [6, 6.07) is 12.1. The molecule has 6 nitrogen and oxygen atoms in total. The summed E-state index contributed by atoms with van der Waals surface area (Å²) in [6.45, 7) is 0. The minimum Gasteiger partial charge on any atom is -0.497 e. The highest BCUT2D eigenvalue weighted by Gasteiger charge is 2.29. The van der Waals surface area contributed by atoms with Crippen LogP contribution in [0.3, 0.4) is 0 Å². The maximum Gasteiger partial charge on any atom is 0.182 e. The smallest absolute Gasteiger partial charge is 0.182 e. The van der Waals surface area contributed by atoms with E-state index in [0.717, 1.165) is 73.1 Å². The molecule has 0 saturated heterocycles. The second-order valence-electron chi connectivity index (χ2n) is 10.9. The number of sulfone groups is 1. The first-order chi connectivity index (χ1) is 19.3. The van der Waals surface area contributed by atoms with Gasteiger partial charge in [-0.2, -0.15) is 0 Å². The molecule has 2 aromatic carbocycles. The first-order valence-electron chi connectivity index (χ1n) is 14.0. The van der Waals surface area contributed by atoms with Crippen molar-refractivity contribution in [2.45, 2.75) is 69.1 Å². The maximum atomic E-state index is 13.6. The van der Waals surface area contributed by atoms with Gasteiger partial charge in [-0.15, -0.1) is 11.3 Å². The van der Waals surface area contributed by atoms with Gasteiger partial charge in [0.05, 0.1) is 20.0 Å². The summed E-state index contributed by atoms with van der Waals surface area (Å²) >= 11 is 1.56. The molecule has 1 fully saturated rings. The third kappa shape index (κ3) is 6.18. The number of ketones is 2. The molecular formula is C32H36O6S2. The standard InChI is InChI=1S/C32H36O6S2/c1-37-24-14-11-21(12-15-24)17-27(34)32-25-9-5-6-10-29(25)39-30(32)19-26(33)23-13-16-28(38-2)31(18-23)40(35,36)20-22-7-3-4-8-22/h11-16,18,22H,3-10,17,19-20H2,1-2H3. The van der Waals surface area contributed by atoms with E-state index in [9.17, 15) is 18.0 Å². The van der Waals surface area contributed by atoms with Gasteiger partial charge in [-0.3, -0.25) is 9.59 Å². The summed E-state index contributed by atoms with van der Waals surface area (Å²) < 4.78 is 37.3. The fraction of sp³-hybridized carbons (Fsp3) is 0.438. The molecule has 0 N–H and O–H groups in total. The van der Waals surface area contributed by atoms with E-state index in [1.807, 2.05) is 24.3 Å². The van der Waals surface area contributed by atoms with E-state index in [2.05, 4.69) is 0 Å². The molecule has 2 aliphatic rings. The van der Waals surface area contributed by atoms with E-state index in [1.165, 1.54) is 18.1 Å². The number of hydrogen-bond acceptors (Lipinski definition) is 7. The van der Waals surface area contributed by atoms with Crippen molar-refractivity contribution in [1.82, 2.24) is 0 Å². The Kier molecular flexibility index (Phi) is 8.76. The highest BCUT2D eigenvalue weighted by atomic mass is 32.2. The van der Waals surface area contributed by atoms with Crippen molar-refractivity contribution in [3.8, 4) is 11.5 Å². The molecule has 5 rings (SSSR count). The lowest BCUT2D eigenvalue weighted by Crippen LogP contribution is -2.16. The van der Waals surface area contributed by atoms with E-state index in [4.69, 9.17) is 9.47 Å². The average molecular weight is 581 g/mol. The van der Waals surface area contributed by atoms with E-state index in [-0.39, 0.29) is 46.7 Å². The zero-order chi connectivity index (χ0) is 28.3. The third-order valence-corrected chi connectivity index (χ3v) is 11.3. The van der Waals surface area contributed by atoms with Crippen molar-refractivity contribution < 1.29 is 27.5 Å². The largest absolute Gasteiger partial charge is 0.497 e. The normalized spacial score (nSPS) is 15.6. The molecule has 1 aromatic heterocycles. The van der Waals surface area contributed by atoms with Crippen LogP contribution < -0.4 is 9.47 Å². The van der Waals surface area contributed by atoms with E-state index in [0.29, 0.717) is 11.1 Å². The summed E-state index contributed by atoms with van der Waals surface area (Å²) in [5, 5.41) is 0. The number of carbonyl (C=O) groups is 2. The molecule has 40 heavy (non-hydrogen) atoms. The number of aryl methyl sites for hydroxylation is 1. The number of benzene rings is 2. The Bertz CT molecular complexity index is 1490. The summed E-state index contributed by atoms with van der Waals surface area (Å²) in [7, 11) is -0.561. The van der Waals surface area contributed by atoms with Gasteiger partial charge in [0.15, 0.2) is 21.4 Å². The third-order valence-electron chi connectivity index (χ3n) is 8.12. The second-order valence-corrected chi connectivity index (χ2v) is 14.0. The van der Waals surface area contributed by atoms with Gasteiger partial charge in [-0.05, 0) is 85.9 Å². The van der Waals surface area contributed by atoms with Crippen LogP contribution in [-0.2, 0) is 35.5 Å². The molecule has 0 aliphatic heterocycles. The Morgan fingerprint density at radius 2 is 1.60 bits per heavy atom. The Hall–Kier alpha value is -2.97. The number of fused-ring (bicyclic) bond motifs is 1. The van der Waals surface area contributed by atoms with Gasteiger partial charge in [-0.1, -0.05) is 25.0 Å². The molecule has 3 aromatic rings. The molecule has 0 bridgehead atoms. The molecule has 8 heteroatoms. The molecule has 0 unspecified atom stereocenters. The topological polar surface area (TPSA) is 86.7 Å². The summed E-state index contributed by atoms with van der Waals surface area (Å²) in [5.74, 6) is 1.03. The number of thiophene rings is 1. The van der Waals surface area contributed by atoms with E-state index in [1.54, 1.807) is 30.6 Å². The minimum absolute atomic E-state index is 0.0157. The van der Waals surface area contributed by atoms with Crippen LogP contribution in [0.5, 0.6) is 11.5 Å². The molecular weight excluding hydrogens is 544 g/mol. The molecule has 0 atom stereocenters. The Labute approximate surface area is 240 Å². The lowest BCUT2D eigenvalue weighted by molar-refractivity contribution is 0.0989. The van der Waals surface area contributed by atoms with Gasteiger partial charge in [-0.25, -0.2) is 8.42 Å². The number of hydrogen-bond donors (Lipinski definition) is 0. The van der Waals surface area contributed by atoms with Gasteiger partial charge in [0.1, 0.15) is 16.4 Å². The van der Waals surface area contributed by atoms with Gasteiger partial charge < -0.3 is 9.47 Å². The predicted octanol–water partition coefficient (Wildman–Crippen LogP) is 6.46. The Balaban J connectivity index is 1.42. The summed E-state index contributed by atoms with van der Waals surface area (Å²) in [5.41, 5.74) is 3.00. The molecule has 212 valence electrons. The quantitative estimate of drug-likeness (QED) is 0.242. The van der Waals surface area contributed by atoms with Crippen molar-refractivity contribution in [3.05, 3.63) is 74.5 Å². The highest BCUT2D eigenvalue weighted by Crippen LogP contribution is 2.37. The minimum atomic E-state index is -3.62. The van der Waals surface area contributed by atoms with Crippen molar-refractivity contribution in [2.24, 2.45) is 5.92 Å². The number of ether oxygens (including phenoxy) is 2. The van der Waals surface area contributed by atoms with Gasteiger partial charge >= 0.3 is 0 Å². The zero-order valence-corrected chi connectivity index (χ0v) is 24.8. The van der Waals surface area contributed by atoms with Gasteiger partial charge in [0.25, 0.3) is 0 Å². The number of carbonyl (C=O) groups excluding carboxylic acids is 2. The summed E-state index contributed by atoms with van der Waals surface area (Å²) in [6.07, 6.45) is 8.12. The van der Waals surface area contributed by atoms with Crippen LogP contribution in [0.2, 0.25) is 0 Å². The Morgan fingerprint density at radius 3 is 2.30 bits per heavy atom. The number of Topliss-reactive ketones (excluding diaryl/α,β-unsaturated/α-hetero) is 2. The second kappa shape index (κ2) is 12.3. The van der Waals surface area contributed by atoms with Crippen LogP contribution in [0.1, 0.15) is 80.1 Å². The van der Waals surface area contributed by atoms with Gasteiger partial charge in [0, 0.05) is 33.7 Å². The highest BCUT2D eigenvalue weighted by molar-refractivity contribution is 7.91. The van der Waals surface area contributed by atoms with Crippen molar-refractivity contribution in [1.29, 1.82) is 0 Å². The van der Waals surface area contributed by atoms with Crippen LogP contribution in [0.25, 0.3) is 0 Å². The number of methoxy groups -OCH3 is 2. The van der Waals surface area contributed by atoms with Crippen LogP contribution in [0.4, 0.5) is 0 Å². The fourth-order valence-corrected chi connectivity index (χ4v) is 9.32. The molecule has 1 heterocycles. The van der Waals surface area contributed by atoms with Crippen LogP contribution >= 0.6 is 11.3 Å². The van der Waals surface area contributed by atoms with Crippen molar-refractivity contribution in [3.63, 3.8) is 0 Å². The van der Waals surface area contributed by atoms with Crippen molar-refractivity contribution >= 4 is 32.7 Å². The molecule has 0 spiro atoms. The number of rotatable bonds is 11. The Morgan fingerprint density at radius 1 is 0.875 bits per heavy atom. The maximum absolute atomic E-state index is 13.6. The zero-order valence-electron chi connectivity index (χ0n) is 23.2. The summed E-state index contributed by atoms with van der Waals surface area (Å²) in [4.78, 5) is 29.3.